The van der Waals surface area contributed by atoms with E-state index in [0.717, 1.165) is 5.69 Å². The lowest BCUT2D eigenvalue weighted by molar-refractivity contribution is -0.119. The Kier molecular flexibility index (Phi) is 4.86. The van der Waals surface area contributed by atoms with Crippen molar-refractivity contribution in [3.05, 3.63) is 59.1 Å². The first-order chi connectivity index (χ1) is 11.5. The van der Waals surface area contributed by atoms with Crippen LogP contribution in [0.5, 0.6) is 5.75 Å². The van der Waals surface area contributed by atoms with Crippen molar-refractivity contribution in [3.63, 3.8) is 0 Å². The lowest BCUT2D eigenvalue weighted by atomic mass is 10.1. The maximum atomic E-state index is 12.6. The first-order valence-corrected chi connectivity index (χ1v) is 8.27. The third-order valence-corrected chi connectivity index (χ3v) is 4.21. The lowest BCUT2D eigenvalue weighted by Gasteiger charge is -2.33. The quantitative estimate of drug-likeness (QED) is 0.784. The fourth-order valence-electron chi connectivity index (χ4n) is 2.76. The molecule has 1 unspecified atom stereocenters. The number of amides is 1. The molecule has 0 saturated heterocycles. The molecule has 0 fully saturated rings. The monoisotopic (exact) mass is 343 g/mol. The van der Waals surface area contributed by atoms with Gasteiger partial charge in [0.05, 0.1) is 12.2 Å². The second-order valence-corrected chi connectivity index (χ2v) is 6.27. The Bertz CT molecular complexity index is 757. The molecule has 0 aromatic heterocycles. The number of anilines is 1. The van der Waals surface area contributed by atoms with Gasteiger partial charge in [-0.15, -0.1) is 0 Å². The molecular weight excluding hydrogens is 326 g/mol. The summed E-state index contributed by atoms with van der Waals surface area (Å²) in [5, 5.41) is 0.585. The summed E-state index contributed by atoms with van der Waals surface area (Å²) in [5.74, 6) is 0.572. The standard InChI is InChI=1S/C19H18ClNO3/c1-13-12-21(16-4-2-3-5-18(16)24-13)19(23)11-10-17(22)14-6-8-15(20)9-7-14/h2-9,13H,10-12H2,1H3. The van der Waals surface area contributed by atoms with Crippen molar-refractivity contribution in [3.8, 4) is 5.75 Å². The Labute approximate surface area is 146 Å². The van der Waals surface area contributed by atoms with Crippen LogP contribution in [-0.4, -0.2) is 24.3 Å². The molecule has 2 aromatic rings. The number of hydrogen-bond donors (Lipinski definition) is 0. The van der Waals surface area contributed by atoms with Crippen LogP contribution >= 0.6 is 11.6 Å². The van der Waals surface area contributed by atoms with E-state index in [9.17, 15) is 9.59 Å². The molecule has 0 bridgehead atoms. The minimum Gasteiger partial charge on any atom is -0.487 e. The maximum Gasteiger partial charge on any atom is 0.227 e. The van der Waals surface area contributed by atoms with E-state index in [2.05, 4.69) is 0 Å². The van der Waals surface area contributed by atoms with Crippen molar-refractivity contribution in [1.82, 2.24) is 0 Å². The van der Waals surface area contributed by atoms with E-state index in [-0.39, 0.29) is 30.6 Å². The highest BCUT2D eigenvalue weighted by molar-refractivity contribution is 6.30. The summed E-state index contributed by atoms with van der Waals surface area (Å²) in [5.41, 5.74) is 1.34. The maximum absolute atomic E-state index is 12.6. The van der Waals surface area contributed by atoms with Crippen molar-refractivity contribution >= 4 is 29.0 Å². The van der Waals surface area contributed by atoms with Gasteiger partial charge in [-0.05, 0) is 43.3 Å². The number of halogens is 1. The van der Waals surface area contributed by atoms with Crippen LogP contribution in [0.4, 0.5) is 5.69 Å². The number of carbonyl (C=O) groups excluding carboxylic acids is 2. The van der Waals surface area contributed by atoms with Crippen molar-refractivity contribution < 1.29 is 14.3 Å². The number of rotatable bonds is 4. The number of ketones is 1. The van der Waals surface area contributed by atoms with E-state index in [1.54, 1.807) is 29.2 Å². The smallest absolute Gasteiger partial charge is 0.227 e. The van der Waals surface area contributed by atoms with Gasteiger partial charge in [0.25, 0.3) is 0 Å². The molecule has 5 heteroatoms. The fraction of sp³-hybridized carbons (Fsp3) is 0.263. The zero-order valence-corrected chi connectivity index (χ0v) is 14.1. The zero-order valence-electron chi connectivity index (χ0n) is 13.4. The van der Waals surface area contributed by atoms with E-state index in [1.165, 1.54) is 0 Å². The lowest BCUT2D eigenvalue weighted by Crippen LogP contribution is -2.42. The SMILES string of the molecule is CC1CN(C(=O)CCC(=O)c2ccc(Cl)cc2)c2ccccc2O1. The molecular formula is C19H18ClNO3. The van der Waals surface area contributed by atoms with Gasteiger partial charge in [-0.3, -0.25) is 9.59 Å². The van der Waals surface area contributed by atoms with Gasteiger partial charge in [0.1, 0.15) is 11.9 Å². The van der Waals surface area contributed by atoms with E-state index >= 15 is 0 Å². The zero-order chi connectivity index (χ0) is 17.1. The first-order valence-electron chi connectivity index (χ1n) is 7.89. The molecule has 3 rings (SSSR count). The fourth-order valence-corrected chi connectivity index (χ4v) is 2.89. The second kappa shape index (κ2) is 7.05. The third kappa shape index (κ3) is 3.60. The van der Waals surface area contributed by atoms with Crippen LogP contribution in [0, 0.1) is 0 Å². The Morgan fingerprint density at radius 1 is 1.12 bits per heavy atom. The van der Waals surface area contributed by atoms with Crippen molar-refractivity contribution in [2.45, 2.75) is 25.9 Å². The van der Waals surface area contributed by atoms with Crippen LogP contribution in [0.1, 0.15) is 30.1 Å². The summed E-state index contributed by atoms with van der Waals surface area (Å²) < 4.78 is 5.74. The summed E-state index contributed by atoms with van der Waals surface area (Å²) in [7, 11) is 0. The summed E-state index contributed by atoms with van der Waals surface area (Å²) in [6.45, 7) is 2.42. The minimum absolute atomic E-state index is 0.0605. The molecule has 1 atom stereocenters. The van der Waals surface area contributed by atoms with Crippen LogP contribution in [0.3, 0.4) is 0 Å². The predicted octanol–water partition coefficient (Wildman–Crippen LogP) is 4.12. The number of para-hydroxylation sites is 2. The van der Waals surface area contributed by atoms with Gasteiger partial charge in [-0.2, -0.15) is 0 Å². The first kappa shape index (κ1) is 16.5. The van der Waals surface area contributed by atoms with Crippen molar-refractivity contribution in [1.29, 1.82) is 0 Å². The van der Waals surface area contributed by atoms with Gasteiger partial charge < -0.3 is 9.64 Å². The number of Topliss-reactive ketones (excluding diaryl/α,β-unsaturated/α-hetero) is 1. The Balaban J connectivity index is 1.67. The van der Waals surface area contributed by atoms with Crippen LogP contribution in [0.2, 0.25) is 5.02 Å². The molecule has 0 spiro atoms. The molecule has 0 aliphatic carbocycles. The van der Waals surface area contributed by atoms with Crippen molar-refractivity contribution in [2.75, 3.05) is 11.4 Å². The Morgan fingerprint density at radius 2 is 1.83 bits per heavy atom. The van der Waals surface area contributed by atoms with Gasteiger partial charge in [0.2, 0.25) is 5.91 Å². The molecule has 0 N–H and O–H groups in total. The number of fused-ring (bicyclic) bond motifs is 1. The summed E-state index contributed by atoms with van der Waals surface area (Å²) in [6, 6.07) is 14.2. The minimum atomic E-state index is -0.0733. The second-order valence-electron chi connectivity index (χ2n) is 5.83. The Hall–Kier alpha value is -2.33. The topological polar surface area (TPSA) is 46.6 Å². The third-order valence-electron chi connectivity index (χ3n) is 3.96. The van der Waals surface area contributed by atoms with E-state index in [0.29, 0.717) is 22.9 Å². The molecule has 24 heavy (non-hydrogen) atoms. The number of benzene rings is 2. The van der Waals surface area contributed by atoms with Gasteiger partial charge in [0.15, 0.2) is 5.78 Å². The highest BCUT2D eigenvalue weighted by Gasteiger charge is 2.27. The van der Waals surface area contributed by atoms with Crippen molar-refractivity contribution in [2.24, 2.45) is 0 Å². The van der Waals surface area contributed by atoms with Crippen LogP contribution in [0.25, 0.3) is 0 Å². The molecule has 0 saturated carbocycles. The highest BCUT2D eigenvalue weighted by Crippen LogP contribution is 2.33. The molecule has 124 valence electrons. The number of hydrogen-bond acceptors (Lipinski definition) is 3. The number of carbonyl (C=O) groups is 2. The van der Waals surface area contributed by atoms with Gasteiger partial charge in [-0.1, -0.05) is 23.7 Å². The van der Waals surface area contributed by atoms with E-state index in [4.69, 9.17) is 16.3 Å². The normalized spacial score (nSPS) is 16.2. The van der Waals surface area contributed by atoms with Gasteiger partial charge in [0, 0.05) is 23.4 Å². The average Bonchev–Trinajstić information content (AvgIpc) is 2.59. The predicted molar refractivity (Wildman–Crippen MR) is 93.9 cm³/mol. The largest absolute Gasteiger partial charge is 0.487 e. The average molecular weight is 344 g/mol. The molecule has 2 aromatic carbocycles. The molecule has 4 nitrogen and oxygen atoms in total. The summed E-state index contributed by atoms with van der Waals surface area (Å²) >= 11 is 5.82. The summed E-state index contributed by atoms with van der Waals surface area (Å²) in [6.07, 6.45) is 0.271. The van der Waals surface area contributed by atoms with Crippen LogP contribution < -0.4 is 9.64 Å². The van der Waals surface area contributed by atoms with Crippen LogP contribution in [-0.2, 0) is 4.79 Å². The van der Waals surface area contributed by atoms with Gasteiger partial charge >= 0.3 is 0 Å². The van der Waals surface area contributed by atoms with Gasteiger partial charge in [-0.25, -0.2) is 0 Å². The number of nitrogens with zero attached hydrogens (tertiary/aromatic N) is 1. The highest BCUT2D eigenvalue weighted by atomic mass is 35.5. The molecule has 1 aliphatic rings. The Morgan fingerprint density at radius 3 is 2.58 bits per heavy atom. The summed E-state index contributed by atoms with van der Waals surface area (Å²) in [4.78, 5) is 26.5. The molecule has 1 heterocycles. The molecule has 0 radical (unpaired) electrons. The molecule has 1 amide bonds. The van der Waals surface area contributed by atoms with Crippen LogP contribution in [0.15, 0.2) is 48.5 Å². The molecule has 1 aliphatic heterocycles. The van der Waals surface area contributed by atoms with E-state index < -0.39 is 0 Å². The number of ether oxygens (including phenoxy) is 1. The van der Waals surface area contributed by atoms with E-state index in [1.807, 2.05) is 31.2 Å².